The van der Waals surface area contributed by atoms with Gasteiger partial charge in [-0.05, 0) is 36.4 Å². The van der Waals surface area contributed by atoms with Crippen LogP contribution in [-0.2, 0) is 14.3 Å². The second kappa shape index (κ2) is 7.60. The molecule has 0 aromatic heterocycles. The lowest BCUT2D eigenvalue weighted by Gasteiger charge is -2.17. The molecule has 27 heavy (non-hydrogen) atoms. The van der Waals surface area contributed by atoms with E-state index < -0.39 is 17.8 Å². The number of methoxy groups -OCH3 is 1. The molecular formula is C18H11Cl3N2O4. The molecule has 0 atom stereocenters. The monoisotopic (exact) mass is 424 g/mol. The summed E-state index contributed by atoms with van der Waals surface area (Å²) in [5.74, 6) is -1.98. The molecule has 0 radical (unpaired) electrons. The highest BCUT2D eigenvalue weighted by atomic mass is 35.5. The smallest absolute Gasteiger partial charge is 0.337 e. The number of imide groups is 1. The number of carbonyl (C=O) groups excluding carboxylic acids is 3. The Hall–Kier alpha value is -2.54. The number of halogens is 3. The lowest BCUT2D eigenvalue weighted by Crippen LogP contribution is -2.32. The second-order valence-corrected chi connectivity index (χ2v) is 6.65. The van der Waals surface area contributed by atoms with Crippen molar-refractivity contribution in [3.05, 3.63) is 68.8 Å². The van der Waals surface area contributed by atoms with Crippen LogP contribution in [0.25, 0.3) is 0 Å². The van der Waals surface area contributed by atoms with E-state index in [0.717, 1.165) is 4.90 Å². The number of nitrogens with zero attached hydrogens (tertiary/aromatic N) is 1. The van der Waals surface area contributed by atoms with Gasteiger partial charge in [-0.15, -0.1) is 0 Å². The first kappa shape index (κ1) is 19.2. The van der Waals surface area contributed by atoms with E-state index >= 15 is 0 Å². The van der Waals surface area contributed by atoms with Gasteiger partial charge in [0.15, 0.2) is 0 Å². The summed E-state index contributed by atoms with van der Waals surface area (Å²) in [5.41, 5.74) is 0.633. The van der Waals surface area contributed by atoms with Gasteiger partial charge in [0.2, 0.25) is 0 Å². The lowest BCUT2D eigenvalue weighted by atomic mass is 10.2. The van der Waals surface area contributed by atoms with Crippen LogP contribution in [0.1, 0.15) is 10.4 Å². The van der Waals surface area contributed by atoms with Gasteiger partial charge in [0.25, 0.3) is 11.8 Å². The molecule has 0 aliphatic carbocycles. The molecule has 9 heteroatoms. The fraction of sp³-hybridized carbons (Fsp3) is 0.0556. The number of rotatable bonds is 4. The Bertz CT molecular complexity index is 1000. The summed E-state index contributed by atoms with van der Waals surface area (Å²) in [4.78, 5) is 37.8. The molecule has 0 spiro atoms. The molecule has 3 rings (SSSR count). The third-order valence-electron chi connectivity index (χ3n) is 3.73. The molecule has 0 unspecified atom stereocenters. The Morgan fingerprint density at radius 2 is 1.78 bits per heavy atom. The predicted octanol–water partition coefficient (Wildman–Crippen LogP) is 4.22. The lowest BCUT2D eigenvalue weighted by molar-refractivity contribution is -0.120. The van der Waals surface area contributed by atoms with E-state index in [9.17, 15) is 14.4 Å². The number of ether oxygens (including phenoxy) is 1. The fourth-order valence-electron chi connectivity index (χ4n) is 2.47. The number of hydrogen-bond donors (Lipinski definition) is 1. The van der Waals surface area contributed by atoms with Crippen LogP contribution in [0.5, 0.6) is 0 Å². The number of nitrogens with one attached hydrogen (secondary N) is 1. The first-order valence-corrected chi connectivity index (χ1v) is 8.66. The fourth-order valence-corrected chi connectivity index (χ4v) is 3.05. The zero-order chi connectivity index (χ0) is 19.7. The van der Waals surface area contributed by atoms with E-state index in [1.165, 1.54) is 31.4 Å². The van der Waals surface area contributed by atoms with Gasteiger partial charge in [-0.2, -0.15) is 0 Å². The van der Waals surface area contributed by atoms with Gasteiger partial charge in [0.1, 0.15) is 10.7 Å². The first-order chi connectivity index (χ1) is 12.8. The van der Waals surface area contributed by atoms with E-state index in [2.05, 4.69) is 10.1 Å². The van der Waals surface area contributed by atoms with Gasteiger partial charge in [-0.25, -0.2) is 9.69 Å². The topological polar surface area (TPSA) is 75.7 Å². The van der Waals surface area contributed by atoms with Crippen LogP contribution in [-0.4, -0.2) is 24.9 Å². The van der Waals surface area contributed by atoms with Crippen molar-refractivity contribution in [3.8, 4) is 0 Å². The van der Waals surface area contributed by atoms with Crippen molar-refractivity contribution >= 4 is 64.0 Å². The first-order valence-electron chi connectivity index (χ1n) is 7.52. The van der Waals surface area contributed by atoms with E-state index in [0.29, 0.717) is 10.7 Å². The molecule has 0 bridgehead atoms. The predicted molar refractivity (Wildman–Crippen MR) is 103 cm³/mol. The zero-order valence-corrected chi connectivity index (χ0v) is 16.0. The maximum atomic E-state index is 12.8. The van der Waals surface area contributed by atoms with E-state index in [4.69, 9.17) is 34.8 Å². The molecule has 1 N–H and O–H groups in total. The highest BCUT2D eigenvalue weighted by Gasteiger charge is 2.40. The molecule has 1 aliphatic heterocycles. The minimum atomic E-state index is -0.738. The number of benzene rings is 2. The SMILES string of the molecule is COC(=O)c1cccc(NC2=C(Cl)C(=O)N(c3cc(Cl)ccc3Cl)C2=O)c1. The number of anilines is 2. The van der Waals surface area contributed by atoms with Crippen molar-refractivity contribution in [3.63, 3.8) is 0 Å². The Morgan fingerprint density at radius 3 is 2.48 bits per heavy atom. The van der Waals surface area contributed by atoms with Crippen LogP contribution in [0.2, 0.25) is 10.0 Å². The number of carbonyl (C=O) groups is 3. The van der Waals surface area contributed by atoms with Crippen LogP contribution < -0.4 is 10.2 Å². The Labute approximate surface area is 169 Å². The summed E-state index contributed by atoms with van der Waals surface area (Å²) < 4.78 is 4.66. The molecule has 1 aliphatic rings. The average molecular weight is 426 g/mol. The van der Waals surface area contributed by atoms with Crippen molar-refractivity contribution < 1.29 is 19.1 Å². The van der Waals surface area contributed by atoms with E-state index in [1.54, 1.807) is 18.2 Å². The van der Waals surface area contributed by atoms with Crippen LogP contribution >= 0.6 is 34.8 Å². The standard InChI is InChI=1S/C18H11Cl3N2O4/c1-27-18(26)9-3-2-4-11(7-9)22-15-14(21)16(24)23(17(15)25)13-8-10(19)5-6-12(13)20/h2-8,22H,1H3. The van der Waals surface area contributed by atoms with E-state index in [1.807, 2.05) is 0 Å². The van der Waals surface area contributed by atoms with Crippen molar-refractivity contribution in [2.24, 2.45) is 0 Å². The van der Waals surface area contributed by atoms with Crippen molar-refractivity contribution in [2.75, 3.05) is 17.3 Å². The second-order valence-electron chi connectivity index (χ2n) is 5.43. The van der Waals surface area contributed by atoms with Gasteiger partial charge in [0, 0.05) is 10.7 Å². The number of amides is 2. The highest BCUT2D eigenvalue weighted by molar-refractivity contribution is 6.54. The van der Waals surface area contributed by atoms with Crippen LogP contribution in [0.4, 0.5) is 11.4 Å². The van der Waals surface area contributed by atoms with Crippen molar-refractivity contribution in [1.29, 1.82) is 0 Å². The molecule has 0 saturated heterocycles. The molecule has 2 amide bonds. The third kappa shape index (κ3) is 3.64. The normalized spacial score (nSPS) is 14.0. The molecule has 0 saturated carbocycles. The van der Waals surface area contributed by atoms with Crippen LogP contribution in [0.3, 0.4) is 0 Å². The molecule has 138 valence electrons. The molecule has 1 heterocycles. The summed E-state index contributed by atoms with van der Waals surface area (Å²) in [6.45, 7) is 0. The number of hydrogen-bond acceptors (Lipinski definition) is 5. The highest BCUT2D eigenvalue weighted by Crippen LogP contribution is 2.35. The van der Waals surface area contributed by atoms with Crippen LogP contribution in [0.15, 0.2) is 53.2 Å². The molecule has 2 aromatic rings. The maximum absolute atomic E-state index is 12.8. The Kier molecular flexibility index (Phi) is 5.41. The molecule has 2 aromatic carbocycles. The van der Waals surface area contributed by atoms with E-state index in [-0.39, 0.29) is 27.0 Å². The largest absolute Gasteiger partial charge is 0.465 e. The maximum Gasteiger partial charge on any atom is 0.337 e. The zero-order valence-electron chi connectivity index (χ0n) is 13.8. The van der Waals surface area contributed by atoms with Gasteiger partial charge in [0.05, 0.1) is 23.4 Å². The van der Waals surface area contributed by atoms with Crippen LogP contribution in [0, 0.1) is 0 Å². The third-order valence-corrected chi connectivity index (χ3v) is 4.63. The molecule has 6 nitrogen and oxygen atoms in total. The Morgan fingerprint density at radius 1 is 1.04 bits per heavy atom. The minimum Gasteiger partial charge on any atom is -0.465 e. The summed E-state index contributed by atoms with van der Waals surface area (Å²) >= 11 is 18.1. The minimum absolute atomic E-state index is 0.123. The van der Waals surface area contributed by atoms with Crippen molar-refractivity contribution in [2.45, 2.75) is 0 Å². The average Bonchev–Trinajstić information content (AvgIpc) is 2.87. The molecule has 0 fully saturated rings. The van der Waals surface area contributed by atoms with Gasteiger partial charge in [-0.3, -0.25) is 9.59 Å². The van der Waals surface area contributed by atoms with Gasteiger partial charge < -0.3 is 10.1 Å². The summed E-state index contributed by atoms with van der Waals surface area (Å²) in [6.07, 6.45) is 0. The Balaban J connectivity index is 1.93. The summed E-state index contributed by atoms with van der Waals surface area (Å²) in [6, 6.07) is 10.6. The van der Waals surface area contributed by atoms with Gasteiger partial charge >= 0.3 is 5.97 Å². The van der Waals surface area contributed by atoms with Gasteiger partial charge in [-0.1, -0.05) is 40.9 Å². The summed E-state index contributed by atoms with van der Waals surface area (Å²) in [5, 5.41) is 2.94. The molecular weight excluding hydrogens is 415 g/mol. The summed E-state index contributed by atoms with van der Waals surface area (Å²) in [7, 11) is 1.26. The quantitative estimate of drug-likeness (QED) is 0.586. The number of esters is 1. The van der Waals surface area contributed by atoms with Crippen molar-refractivity contribution in [1.82, 2.24) is 0 Å².